The number of rotatable bonds is 3. The number of thiophene rings is 1. The van der Waals surface area contributed by atoms with Gasteiger partial charge in [0.05, 0.1) is 11.7 Å². The third-order valence-electron chi connectivity index (χ3n) is 5.10. The summed E-state index contributed by atoms with van der Waals surface area (Å²) in [6.07, 6.45) is 5.30. The lowest BCUT2D eigenvalue weighted by Crippen LogP contribution is -2.37. The maximum Gasteiger partial charge on any atom is 0.262 e. The second kappa shape index (κ2) is 6.34. The molecule has 124 valence electrons. The smallest absolute Gasteiger partial charge is 0.262 e. The van der Waals surface area contributed by atoms with Gasteiger partial charge in [-0.25, -0.2) is 4.98 Å². The lowest BCUT2D eigenvalue weighted by atomic mass is 10.0. The number of likely N-dealkylation sites (tertiary alicyclic amines) is 1. The van der Waals surface area contributed by atoms with Crippen molar-refractivity contribution in [3.8, 4) is 0 Å². The Morgan fingerprint density at radius 1 is 1.43 bits per heavy atom. The van der Waals surface area contributed by atoms with Crippen LogP contribution in [-0.4, -0.2) is 40.6 Å². The summed E-state index contributed by atoms with van der Waals surface area (Å²) in [5.74, 6) is 0.775. The molecule has 0 aliphatic carbocycles. The average molecular weight is 332 g/mol. The molecule has 1 saturated heterocycles. The van der Waals surface area contributed by atoms with E-state index in [1.165, 1.54) is 23.3 Å². The first-order valence-corrected chi connectivity index (χ1v) is 9.47. The topological polar surface area (TPSA) is 50.2 Å². The standard InChI is InChI=1S/C17H24N4OS/c1-12-3-2-6-20(10-12)7-8-21-11-19-16-15(17(21)22)13-4-5-18-9-14(13)23-16/h11-12,18H,2-10H2,1H3/t12-/m0/s1. The van der Waals surface area contributed by atoms with E-state index < -0.39 is 0 Å². The first-order chi connectivity index (χ1) is 11.2. The summed E-state index contributed by atoms with van der Waals surface area (Å²) in [5.41, 5.74) is 1.39. The first-order valence-electron chi connectivity index (χ1n) is 8.65. The predicted octanol–water partition coefficient (Wildman–Crippen LogP) is 1.84. The molecule has 0 radical (unpaired) electrons. The zero-order valence-electron chi connectivity index (χ0n) is 13.7. The molecule has 1 N–H and O–H groups in total. The Kier molecular flexibility index (Phi) is 4.22. The van der Waals surface area contributed by atoms with Gasteiger partial charge >= 0.3 is 0 Å². The van der Waals surface area contributed by atoms with E-state index in [2.05, 4.69) is 22.1 Å². The second-order valence-corrected chi connectivity index (χ2v) is 7.99. The summed E-state index contributed by atoms with van der Waals surface area (Å²) >= 11 is 1.67. The van der Waals surface area contributed by atoms with Crippen LogP contribution in [0.4, 0.5) is 0 Å². The van der Waals surface area contributed by atoms with Gasteiger partial charge in [0.2, 0.25) is 0 Å². The van der Waals surface area contributed by atoms with Crippen LogP contribution in [0.3, 0.4) is 0 Å². The van der Waals surface area contributed by atoms with E-state index in [0.29, 0.717) is 0 Å². The molecule has 0 unspecified atom stereocenters. The van der Waals surface area contributed by atoms with E-state index in [1.54, 1.807) is 17.7 Å². The molecule has 2 aromatic rings. The van der Waals surface area contributed by atoms with Crippen LogP contribution >= 0.6 is 11.3 Å². The van der Waals surface area contributed by atoms with Crippen molar-refractivity contribution in [2.45, 2.75) is 39.3 Å². The highest BCUT2D eigenvalue weighted by Crippen LogP contribution is 2.29. The van der Waals surface area contributed by atoms with Crippen LogP contribution in [0, 0.1) is 5.92 Å². The van der Waals surface area contributed by atoms with Crippen molar-refractivity contribution >= 4 is 21.6 Å². The minimum absolute atomic E-state index is 0.152. The van der Waals surface area contributed by atoms with Gasteiger partial charge in [-0.3, -0.25) is 9.36 Å². The normalized spacial score (nSPS) is 22.4. The Morgan fingerprint density at radius 3 is 3.22 bits per heavy atom. The Bertz CT molecular complexity index is 766. The van der Waals surface area contributed by atoms with Gasteiger partial charge < -0.3 is 10.2 Å². The van der Waals surface area contributed by atoms with E-state index in [-0.39, 0.29) is 5.56 Å². The molecule has 0 bridgehead atoms. The summed E-state index contributed by atoms with van der Waals surface area (Å²) in [4.78, 5) is 22.1. The van der Waals surface area contributed by atoms with Crippen molar-refractivity contribution in [3.05, 3.63) is 27.1 Å². The number of aromatic nitrogens is 2. The molecule has 2 aliphatic rings. The van der Waals surface area contributed by atoms with Crippen LogP contribution in [0.15, 0.2) is 11.1 Å². The Labute approximate surface area is 140 Å². The molecule has 6 heteroatoms. The third kappa shape index (κ3) is 2.95. The van der Waals surface area contributed by atoms with Gasteiger partial charge in [-0.05, 0) is 43.8 Å². The number of nitrogens with one attached hydrogen (secondary N) is 1. The van der Waals surface area contributed by atoms with Crippen molar-refractivity contribution in [2.24, 2.45) is 5.92 Å². The molecule has 23 heavy (non-hydrogen) atoms. The average Bonchev–Trinajstić information content (AvgIpc) is 2.93. The van der Waals surface area contributed by atoms with Gasteiger partial charge in [-0.2, -0.15) is 0 Å². The molecule has 2 aromatic heterocycles. The van der Waals surface area contributed by atoms with Crippen LogP contribution in [0.1, 0.15) is 30.2 Å². The van der Waals surface area contributed by atoms with E-state index in [9.17, 15) is 4.79 Å². The molecule has 1 atom stereocenters. The third-order valence-corrected chi connectivity index (χ3v) is 6.24. The van der Waals surface area contributed by atoms with Crippen molar-refractivity contribution in [2.75, 3.05) is 26.2 Å². The summed E-state index contributed by atoms with van der Waals surface area (Å²) < 4.78 is 1.82. The molecule has 0 saturated carbocycles. The summed E-state index contributed by atoms with van der Waals surface area (Å²) in [6, 6.07) is 0. The van der Waals surface area contributed by atoms with Gasteiger partial charge in [0.15, 0.2) is 0 Å². The number of hydrogen-bond donors (Lipinski definition) is 1. The maximum atomic E-state index is 12.9. The largest absolute Gasteiger partial charge is 0.312 e. The zero-order chi connectivity index (χ0) is 15.8. The lowest BCUT2D eigenvalue weighted by molar-refractivity contribution is 0.177. The number of hydrogen-bond acceptors (Lipinski definition) is 5. The van der Waals surface area contributed by atoms with Crippen LogP contribution in [-0.2, 0) is 19.5 Å². The molecule has 0 aromatic carbocycles. The molecule has 0 spiro atoms. The van der Waals surface area contributed by atoms with Crippen LogP contribution in [0.2, 0.25) is 0 Å². The fraction of sp³-hybridized carbons (Fsp3) is 0.647. The van der Waals surface area contributed by atoms with Crippen molar-refractivity contribution in [1.29, 1.82) is 0 Å². The van der Waals surface area contributed by atoms with E-state index in [0.717, 1.165) is 61.8 Å². The molecule has 2 aliphatic heterocycles. The summed E-state index contributed by atoms with van der Waals surface area (Å²) in [7, 11) is 0. The molecular formula is C17H24N4OS. The number of fused-ring (bicyclic) bond motifs is 3. The monoisotopic (exact) mass is 332 g/mol. The van der Waals surface area contributed by atoms with Crippen molar-refractivity contribution in [1.82, 2.24) is 19.8 Å². The maximum absolute atomic E-state index is 12.9. The Balaban J connectivity index is 1.58. The first kappa shape index (κ1) is 15.3. The highest BCUT2D eigenvalue weighted by molar-refractivity contribution is 7.18. The van der Waals surface area contributed by atoms with Gasteiger partial charge in [-0.1, -0.05) is 6.92 Å². The predicted molar refractivity (Wildman–Crippen MR) is 94.1 cm³/mol. The fourth-order valence-electron chi connectivity index (χ4n) is 3.85. The van der Waals surface area contributed by atoms with Gasteiger partial charge in [0.25, 0.3) is 5.56 Å². The highest BCUT2D eigenvalue weighted by atomic mass is 32.1. The van der Waals surface area contributed by atoms with Crippen LogP contribution in [0.5, 0.6) is 0 Å². The molecule has 0 amide bonds. The minimum Gasteiger partial charge on any atom is -0.312 e. The van der Waals surface area contributed by atoms with E-state index in [1.807, 2.05) is 4.57 Å². The minimum atomic E-state index is 0.152. The number of piperidine rings is 1. The van der Waals surface area contributed by atoms with E-state index >= 15 is 0 Å². The van der Waals surface area contributed by atoms with Crippen LogP contribution < -0.4 is 10.9 Å². The number of nitrogens with zero attached hydrogens (tertiary/aromatic N) is 3. The Hall–Kier alpha value is -1.24. The SMILES string of the molecule is C[C@H]1CCCN(CCn2cnc3sc4c(c3c2=O)CCNC4)C1. The van der Waals surface area contributed by atoms with Gasteiger partial charge in [0, 0.05) is 31.1 Å². The summed E-state index contributed by atoms with van der Waals surface area (Å²) in [5, 5.41) is 4.25. The van der Waals surface area contributed by atoms with Gasteiger partial charge in [-0.15, -0.1) is 11.3 Å². The fourth-order valence-corrected chi connectivity index (χ4v) is 5.00. The molecule has 4 heterocycles. The Morgan fingerprint density at radius 2 is 2.35 bits per heavy atom. The zero-order valence-corrected chi connectivity index (χ0v) is 14.5. The van der Waals surface area contributed by atoms with Crippen molar-refractivity contribution in [3.63, 3.8) is 0 Å². The second-order valence-electron chi connectivity index (χ2n) is 6.90. The van der Waals surface area contributed by atoms with E-state index in [4.69, 9.17) is 0 Å². The summed E-state index contributed by atoms with van der Waals surface area (Å²) in [6.45, 7) is 8.17. The molecular weight excluding hydrogens is 308 g/mol. The highest BCUT2D eigenvalue weighted by Gasteiger charge is 2.20. The van der Waals surface area contributed by atoms with Gasteiger partial charge in [0.1, 0.15) is 4.83 Å². The quantitative estimate of drug-likeness (QED) is 0.932. The molecule has 5 nitrogen and oxygen atoms in total. The lowest BCUT2D eigenvalue weighted by Gasteiger charge is -2.30. The molecule has 4 rings (SSSR count). The van der Waals surface area contributed by atoms with Crippen LogP contribution in [0.25, 0.3) is 10.2 Å². The molecule has 1 fully saturated rings. The van der Waals surface area contributed by atoms with Crippen molar-refractivity contribution < 1.29 is 0 Å².